The van der Waals surface area contributed by atoms with Gasteiger partial charge in [-0.1, -0.05) is 18.2 Å². The first-order chi connectivity index (χ1) is 9.72. The molecule has 1 aromatic carbocycles. The fourth-order valence-corrected chi connectivity index (χ4v) is 2.24. The summed E-state index contributed by atoms with van der Waals surface area (Å²) >= 11 is 0. The van der Waals surface area contributed by atoms with Crippen LogP contribution in [0.1, 0.15) is 29.9 Å². The number of aromatic nitrogens is 2. The SMILES string of the molecule is COCCc1ccccc1NC(C)c1nccnc1C. The Morgan fingerprint density at radius 1 is 1.20 bits per heavy atom. The van der Waals surface area contributed by atoms with Crippen LogP contribution in [0, 0.1) is 6.92 Å². The van der Waals surface area contributed by atoms with E-state index in [1.54, 1.807) is 19.5 Å². The summed E-state index contributed by atoms with van der Waals surface area (Å²) in [5.74, 6) is 0. The Bertz CT molecular complexity index is 557. The zero-order valence-electron chi connectivity index (χ0n) is 12.3. The van der Waals surface area contributed by atoms with Gasteiger partial charge in [-0.15, -0.1) is 0 Å². The Morgan fingerprint density at radius 3 is 2.70 bits per heavy atom. The van der Waals surface area contributed by atoms with Gasteiger partial charge in [-0.05, 0) is 31.9 Å². The Kier molecular flexibility index (Phi) is 5.07. The summed E-state index contributed by atoms with van der Waals surface area (Å²) in [6, 6.07) is 8.42. The molecular weight excluding hydrogens is 250 g/mol. The monoisotopic (exact) mass is 271 g/mol. The molecule has 0 saturated carbocycles. The number of hydrogen-bond acceptors (Lipinski definition) is 4. The lowest BCUT2D eigenvalue weighted by molar-refractivity contribution is 0.202. The second kappa shape index (κ2) is 7.01. The molecule has 106 valence electrons. The molecule has 2 aromatic rings. The van der Waals surface area contributed by atoms with Crippen LogP contribution in [0.5, 0.6) is 0 Å². The number of hydrogen-bond donors (Lipinski definition) is 1. The van der Waals surface area contributed by atoms with E-state index in [1.165, 1.54) is 5.56 Å². The predicted molar refractivity (Wildman–Crippen MR) is 80.8 cm³/mol. The van der Waals surface area contributed by atoms with E-state index in [0.29, 0.717) is 0 Å². The molecule has 1 unspecified atom stereocenters. The summed E-state index contributed by atoms with van der Waals surface area (Å²) < 4.78 is 5.16. The molecule has 1 atom stereocenters. The number of benzene rings is 1. The molecule has 1 aromatic heterocycles. The van der Waals surface area contributed by atoms with Gasteiger partial charge in [0.1, 0.15) is 0 Å². The average Bonchev–Trinajstić information content (AvgIpc) is 2.46. The molecule has 1 heterocycles. The lowest BCUT2D eigenvalue weighted by Crippen LogP contribution is -2.12. The maximum absolute atomic E-state index is 5.16. The molecule has 0 aliphatic heterocycles. The highest BCUT2D eigenvalue weighted by molar-refractivity contribution is 5.52. The molecule has 0 aliphatic carbocycles. The van der Waals surface area contributed by atoms with Gasteiger partial charge in [-0.2, -0.15) is 0 Å². The van der Waals surface area contributed by atoms with Crippen molar-refractivity contribution in [2.24, 2.45) is 0 Å². The number of aryl methyl sites for hydroxylation is 1. The topological polar surface area (TPSA) is 47.0 Å². The van der Waals surface area contributed by atoms with Crippen molar-refractivity contribution in [1.29, 1.82) is 0 Å². The van der Waals surface area contributed by atoms with Crippen LogP contribution < -0.4 is 5.32 Å². The summed E-state index contributed by atoms with van der Waals surface area (Å²) in [4.78, 5) is 8.71. The van der Waals surface area contributed by atoms with Gasteiger partial charge in [0.2, 0.25) is 0 Å². The third-order valence-electron chi connectivity index (χ3n) is 3.29. The van der Waals surface area contributed by atoms with Crippen LogP contribution in [0.25, 0.3) is 0 Å². The van der Waals surface area contributed by atoms with Crippen LogP contribution in [0.15, 0.2) is 36.7 Å². The normalized spacial score (nSPS) is 12.2. The third-order valence-corrected chi connectivity index (χ3v) is 3.29. The van der Waals surface area contributed by atoms with E-state index >= 15 is 0 Å². The lowest BCUT2D eigenvalue weighted by atomic mass is 10.1. The van der Waals surface area contributed by atoms with Crippen LogP contribution in [0.4, 0.5) is 5.69 Å². The molecule has 0 saturated heterocycles. The minimum atomic E-state index is 0.118. The molecular formula is C16H21N3O. The number of rotatable bonds is 6. The maximum atomic E-state index is 5.16. The van der Waals surface area contributed by atoms with Crippen molar-refractivity contribution in [3.8, 4) is 0 Å². The van der Waals surface area contributed by atoms with Crippen molar-refractivity contribution in [3.63, 3.8) is 0 Å². The highest BCUT2D eigenvalue weighted by atomic mass is 16.5. The minimum Gasteiger partial charge on any atom is -0.384 e. The van der Waals surface area contributed by atoms with Gasteiger partial charge in [-0.25, -0.2) is 0 Å². The van der Waals surface area contributed by atoms with Gasteiger partial charge in [0.05, 0.1) is 24.0 Å². The summed E-state index contributed by atoms with van der Waals surface area (Å²) in [6.07, 6.45) is 4.35. The van der Waals surface area contributed by atoms with Crippen molar-refractivity contribution in [1.82, 2.24) is 9.97 Å². The number of anilines is 1. The van der Waals surface area contributed by atoms with Crippen LogP contribution in [0.2, 0.25) is 0 Å². The molecule has 0 aliphatic rings. The molecule has 0 spiro atoms. The lowest BCUT2D eigenvalue weighted by Gasteiger charge is -2.18. The summed E-state index contributed by atoms with van der Waals surface area (Å²) in [5, 5.41) is 3.52. The van der Waals surface area contributed by atoms with Gasteiger partial charge < -0.3 is 10.1 Å². The first kappa shape index (κ1) is 14.5. The van der Waals surface area contributed by atoms with Crippen LogP contribution in [0.3, 0.4) is 0 Å². The highest BCUT2D eigenvalue weighted by Crippen LogP contribution is 2.22. The second-order valence-electron chi connectivity index (χ2n) is 4.79. The first-order valence-electron chi connectivity index (χ1n) is 6.83. The molecule has 0 radical (unpaired) electrons. The van der Waals surface area contributed by atoms with Crippen molar-refractivity contribution >= 4 is 5.69 Å². The Balaban J connectivity index is 2.15. The van der Waals surface area contributed by atoms with E-state index in [1.807, 2.05) is 13.0 Å². The third kappa shape index (κ3) is 3.54. The second-order valence-corrected chi connectivity index (χ2v) is 4.79. The summed E-state index contributed by atoms with van der Waals surface area (Å²) in [7, 11) is 1.72. The zero-order valence-corrected chi connectivity index (χ0v) is 12.3. The number of methoxy groups -OCH3 is 1. The maximum Gasteiger partial charge on any atom is 0.0835 e. The van der Waals surface area contributed by atoms with Crippen molar-refractivity contribution < 1.29 is 4.74 Å². The molecule has 4 heteroatoms. The minimum absolute atomic E-state index is 0.118. The van der Waals surface area contributed by atoms with E-state index in [-0.39, 0.29) is 6.04 Å². The van der Waals surface area contributed by atoms with Crippen LogP contribution >= 0.6 is 0 Å². The Hall–Kier alpha value is -1.94. The number of para-hydroxylation sites is 1. The smallest absolute Gasteiger partial charge is 0.0835 e. The quantitative estimate of drug-likeness (QED) is 0.876. The van der Waals surface area contributed by atoms with Crippen molar-refractivity contribution in [2.45, 2.75) is 26.3 Å². The fourth-order valence-electron chi connectivity index (χ4n) is 2.24. The summed E-state index contributed by atoms with van der Waals surface area (Å²) in [6.45, 7) is 4.80. The molecule has 0 bridgehead atoms. The van der Waals surface area contributed by atoms with E-state index in [2.05, 4.69) is 40.4 Å². The first-order valence-corrected chi connectivity index (χ1v) is 6.83. The number of nitrogens with zero attached hydrogens (tertiary/aromatic N) is 2. The van der Waals surface area contributed by atoms with Gasteiger partial charge in [0, 0.05) is 25.2 Å². The zero-order chi connectivity index (χ0) is 14.4. The van der Waals surface area contributed by atoms with Crippen LogP contribution in [-0.2, 0) is 11.2 Å². The standard InChI is InChI=1S/C16H21N3O/c1-12-16(18-10-9-17-12)13(2)19-15-7-5-4-6-14(15)8-11-20-3/h4-7,9-10,13,19H,8,11H2,1-3H3. The average molecular weight is 271 g/mol. The molecule has 4 nitrogen and oxygen atoms in total. The number of ether oxygens (including phenoxy) is 1. The van der Waals surface area contributed by atoms with Crippen LogP contribution in [-0.4, -0.2) is 23.7 Å². The van der Waals surface area contributed by atoms with Gasteiger partial charge in [0.25, 0.3) is 0 Å². The van der Waals surface area contributed by atoms with E-state index in [0.717, 1.165) is 30.1 Å². The molecule has 0 fully saturated rings. The molecule has 20 heavy (non-hydrogen) atoms. The number of nitrogens with one attached hydrogen (secondary N) is 1. The molecule has 0 amide bonds. The molecule has 2 rings (SSSR count). The largest absolute Gasteiger partial charge is 0.384 e. The fraction of sp³-hybridized carbons (Fsp3) is 0.375. The Morgan fingerprint density at radius 2 is 1.95 bits per heavy atom. The van der Waals surface area contributed by atoms with Gasteiger partial charge in [-0.3, -0.25) is 9.97 Å². The Labute approximate surface area is 120 Å². The predicted octanol–water partition coefficient (Wildman–Crippen LogP) is 3.15. The van der Waals surface area contributed by atoms with E-state index in [9.17, 15) is 0 Å². The molecule has 1 N–H and O–H groups in total. The van der Waals surface area contributed by atoms with Gasteiger partial charge in [0.15, 0.2) is 0 Å². The van der Waals surface area contributed by atoms with Crippen molar-refractivity contribution in [2.75, 3.05) is 19.0 Å². The highest BCUT2D eigenvalue weighted by Gasteiger charge is 2.12. The van der Waals surface area contributed by atoms with E-state index in [4.69, 9.17) is 4.74 Å². The summed E-state index contributed by atoms with van der Waals surface area (Å²) in [5.41, 5.74) is 4.32. The van der Waals surface area contributed by atoms with E-state index < -0.39 is 0 Å². The van der Waals surface area contributed by atoms with Gasteiger partial charge >= 0.3 is 0 Å². The van der Waals surface area contributed by atoms with Crippen molar-refractivity contribution in [3.05, 3.63) is 53.6 Å².